The maximum Gasteiger partial charge on any atom is 0.266 e. The Hall–Kier alpha value is -4.07. The van der Waals surface area contributed by atoms with Crippen LogP contribution in [0.4, 0.5) is 5.69 Å². The first kappa shape index (κ1) is 22.1. The molecule has 162 valence electrons. The quantitative estimate of drug-likeness (QED) is 0.255. The number of hydrogen-bond donors (Lipinski definition) is 1. The molecule has 1 N–H and O–H groups in total. The molecule has 1 amide bonds. The molecule has 0 aliphatic carbocycles. The average Bonchev–Trinajstić information content (AvgIpc) is 2.84. The zero-order chi connectivity index (χ0) is 23.2. The number of anilines is 1. The number of nitrogens with zero attached hydrogens (tertiary/aromatic N) is 1. The number of aryl methyl sites for hydroxylation is 1. The van der Waals surface area contributed by atoms with Crippen LogP contribution in [0.15, 0.2) is 90.5 Å². The molecular formula is C28H21ClN2O2. The molecule has 33 heavy (non-hydrogen) atoms. The summed E-state index contributed by atoms with van der Waals surface area (Å²) in [6.07, 6.45) is 1.59. The zero-order valence-electron chi connectivity index (χ0n) is 18.0. The third kappa shape index (κ3) is 5.41. The number of amides is 1. The van der Waals surface area contributed by atoms with E-state index in [1.165, 1.54) is 0 Å². The summed E-state index contributed by atoms with van der Waals surface area (Å²) in [6.45, 7) is 2.30. The maximum absolute atomic E-state index is 12.8. The molecular weight excluding hydrogens is 432 g/mol. The van der Waals surface area contributed by atoms with Gasteiger partial charge >= 0.3 is 0 Å². The van der Waals surface area contributed by atoms with Crippen molar-refractivity contribution in [2.24, 2.45) is 0 Å². The van der Waals surface area contributed by atoms with E-state index in [2.05, 4.69) is 5.32 Å². The van der Waals surface area contributed by atoms with Gasteiger partial charge in [0, 0.05) is 16.3 Å². The van der Waals surface area contributed by atoms with E-state index in [9.17, 15) is 10.1 Å². The number of carbonyl (C=O) groups is 1. The van der Waals surface area contributed by atoms with Crippen LogP contribution < -0.4 is 10.1 Å². The van der Waals surface area contributed by atoms with E-state index in [1.807, 2.05) is 85.8 Å². The van der Waals surface area contributed by atoms with Crippen LogP contribution in [0.1, 0.15) is 16.7 Å². The van der Waals surface area contributed by atoms with Gasteiger partial charge in [0.05, 0.1) is 0 Å². The number of rotatable bonds is 6. The Bertz CT molecular complexity index is 1370. The molecule has 5 heteroatoms. The summed E-state index contributed by atoms with van der Waals surface area (Å²) in [6, 6.07) is 28.5. The predicted octanol–water partition coefficient (Wildman–Crippen LogP) is 6.93. The van der Waals surface area contributed by atoms with E-state index in [-0.39, 0.29) is 5.57 Å². The lowest BCUT2D eigenvalue weighted by Crippen LogP contribution is -2.13. The van der Waals surface area contributed by atoms with Crippen molar-refractivity contribution in [2.45, 2.75) is 13.5 Å². The molecule has 0 spiro atoms. The van der Waals surface area contributed by atoms with Crippen molar-refractivity contribution in [3.8, 4) is 11.8 Å². The van der Waals surface area contributed by atoms with E-state index in [0.717, 1.165) is 21.9 Å². The molecule has 0 saturated carbocycles. The lowest BCUT2D eigenvalue weighted by Gasteiger charge is -2.13. The van der Waals surface area contributed by atoms with Gasteiger partial charge in [-0.2, -0.15) is 5.26 Å². The second-order valence-electron chi connectivity index (χ2n) is 7.60. The van der Waals surface area contributed by atoms with Crippen LogP contribution >= 0.6 is 11.6 Å². The van der Waals surface area contributed by atoms with Crippen LogP contribution in [0.3, 0.4) is 0 Å². The third-order valence-corrected chi connectivity index (χ3v) is 5.45. The van der Waals surface area contributed by atoms with Crippen molar-refractivity contribution in [1.29, 1.82) is 5.26 Å². The summed E-state index contributed by atoms with van der Waals surface area (Å²) in [5.41, 5.74) is 3.34. The Kier molecular flexibility index (Phi) is 6.73. The SMILES string of the molecule is Cc1ccc(NC(=O)/C(C#N)=C\c2c(OCc3ccc(Cl)cc3)ccc3ccccc23)cc1. The fraction of sp³-hybridized carbons (Fsp3) is 0.0714. The van der Waals surface area contributed by atoms with Gasteiger partial charge in [0.15, 0.2) is 0 Å². The Labute approximate surface area is 197 Å². The second kappa shape index (κ2) is 10.0. The highest BCUT2D eigenvalue weighted by Crippen LogP contribution is 2.31. The highest BCUT2D eigenvalue weighted by atomic mass is 35.5. The Balaban J connectivity index is 1.68. The zero-order valence-corrected chi connectivity index (χ0v) is 18.8. The minimum Gasteiger partial charge on any atom is -0.488 e. The van der Waals surface area contributed by atoms with Gasteiger partial charge in [-0.05, 0) is 59.7 Å². The van der Waals surface area contributed by atoms with Crippen molar-refractivity contribution >= 4 is 40.0 Å². The molecule has 0 aromatic heterocycles. The van der Waals surface area contributed by atoms with Gasteiger partial charge in [0.1, 0.15) is 24.0 Å². The highest BCUT2D eigenvalue weighted by molar-refractivity contribution is 6.30. The van der Waals surface area contributed by atoms with Crippen molar-refractivity contribution in [3.63, 3.8) is 0 Å². The van der Waals surface area contributed by atoms with Gasteiger partial charge < -0.3 is 10.1 Å². The summed E-state index contributed by atoms with van der Waals surface area (Å²) >= 11 is 5.97. The van der Waals surface area contributed by atoms with Crippen LogP contribution in [0.2, 0.25) is 5.02 Å². The largest absolute Gasteiger partial charge is 0.488 e. The van der Waals surface area contributed by atoms with Crippen LogP contribution in [0, 0.1) is 18.3 Å². The minimum absolute atomic E-state index is 0.0109. The van der Waals surface area contributed by atoms with Crippen LogP contribution in [0.5, 0.6) is 5.75 Å². The lowest BCUT2D eigenvalue weighted by molar-refractivity contribution is -0.112. The van der Waals surface area contributed by atoms with Crippen molar-refractivity contribution in [1.82, 2.24) is 0 Å². The highest BCUT2D eigenvalue weighted by Gasteiger charge is 2.14. The number of nitriles is 1. The standard InChI is InChI=1S/C28H21ClN2O2/c1-19-6-13-24(14-7-19)31-28(32)22(17-30)16-26-25-5-3-2-4-21(25)10-15-27(26)33-18-20-8-11-23(29)12-9-20/h2-16H,18H2,1H3,(H,31,32)/b22-16-. The first-order valence-electron chi connectivity index (χ1n) is 10.4. The van der Waals surface area contributed by atoms with Crippen LogP contribution in [-0.4, -0.2) is 5.91 Å². The molecule has 0 saturated heterocycles. The molecule has 4 aromatic rings. The molecule has 0 radical (unpaired) electrons. The Morgan fingerprint density at radius 1 is 1.00 bits per heavy atom. The van der Waals surface area contributed by atoms with E-state index < -0.39 is 5.91 Å². The first-order chi connectivity index (χ1) is 16.0. The summed E-state index contributed by atoms with van der Waals surface area (Å²) in [5.74, 6) is 0.109. The molecule has 0 fully saturated rings. The van der Waals surface area contributed by atoms with Crippen molar-refractivity contribution in [2.75, 3.05) is 5.32 Å². The average molecular weight is 453 g/mol. The van der Waals surface area contributed by atoms with Gasteiger partial charge in [-0.3, -0.25) is 4.79 Å². The monoisotopic (exact) mass is 452 g/mol. The number of carbonyl (C=O) groups excluding carboxylic acids is 1. The van der Waals surface area contributed by atoms with Gasteiger partial charge in [-0.1, -0.05) is 71.8 Å². The normalized spacial score (nSPS) is 11.1. The number of ether oxygens (including phenoxy) is 1. The van der Waals surface area contributed by atoms with Gasteiger partial charge in [0.2, 0.25) is 0 Å². The van der Waals surface area contributed by atoms with Gasteiger partial charge in [-0.15, -0.1) is 0 Å². The van der Waals surface area contributed by atoms with E-state index in [0.29, 0.717) is 28.6 Å². The smallest absolute Gasteiger partial charge is 0.266 e. The molecule has 0 unspecified atom stereocenters. The van der Waals surface area contributed by atoms with E-state index in [1.54, 1.807) is 18.2 Å². The fourth-order valence-electron chi connectivity index (χ4n) is 3.42. The summed E-state index contributed by atoms with van der Waals surface area (Å²) in [4.78, 5) is 12.8. The van der Waals surface area contributed by atoms with Crippen molar-refractivity contribution in [3.05, 3.63) is 112 Å². The molecule has 4 rings (SSSR count). The topological polar surface area (TPSA) is 62.1 Å². The molecule has 0 aliphatic heterocycles. The number of hydrogen-bond acceptors (Lipinski definition) is 3. The van der Waals surface area contributed by atoms with E-state index >= 15 is 0 Å². The van der Waals surface area contributed by atoms with Gasteiger partial charge in [-0.25, -0.2) is 0 Å². The molecule has 4 aromatic carbocycles. The number of benzene rings is 4. The predicted molar refractivity (Wildman–Crippen MR) is 133 cm³/mol. The maximum atomic E-state index is 12.8. The number of nitrogens with one attached hydrogen (secondary N) is 1. The number of halogens is 1. The molecule has 4 nitrogen and oxygen atoms in total. The van der Waals surface area contributed by atoms with Crippen molar-refractivity contribution < 1.29 is 9.53 Å². The molecule has 0 aliphatic rings. The Morgan fingerprint density at radius 2 is 1.73 bits per heavy atom. The fourth-order valence-corrected chi connectivity index (χ4v) is 3.55. The summed E-state index contributed by atoms with van der Waals surface area (Å²) in [5, 5.41) is 15.1. The van der Waals surface area contributed by atoms with Gasteiger partial charge in [0.25, 0.3) is 5.91 Å². The van der Waals surface area contributed by atoms with Crippen LogP contribution in [-0.2, 0) is 11.4 Å². The summed E-state index contributed by atoms with van der Waals surface area (Å²) in [7, 11) is 0. The third-order valence-electron chi connectivity index (χ3n) is 5.20. The van der Waals surface area contributed by atoms with E-state index in [4.69, 9.17) is 16.3 Å². The summed E-state index contributed by atoms with van der Waals surface area (Å²) < 4.78 is 6.10. The molecule has 0 atom stereocenters. The molecule has 0 heterocycles. The number of fused-ring (bicyclic) bond motifs is 1. The minimum atomic E-state index is -0.474. The molecule has 0 bridgehead atoms. The lowest BCUT2D eigenvalue weighted by atomic mass is 10.0. The first-order valence-corrected chi connectivity index (χ1v) is 10.8. The van der Waals surface area contributed by atoms with Crippen LogP contribution in [0.25, 0.3) is 16.8 Å². The second-order valence-corrected chi connectivity index (χ2v) is 8.04. The Morgan fingerprint density at radius 3 is 2.45 bits per heavy atom.